The second-order valence-electron chi connectivity index (χ2n) is 2.60. The maximum Gasteiger partial charge on any atom is 0.279 e. The molecule has 5 heteroatoms. The Hall–Kier alpha value is -1.65. The lowest BCUT2D eigenvalue weighted by atomic mass is 10.3. The van der Waals surface area contributed by atoms with Crippen molar-refractivity contribution in [2.75, 3.05) is 6.54 Å². The SMILES string of the molecule is NC(=O)C1NC2=C(CNC=C2)O1. The number of primary amides is 1. The minimum atomic E-state index is -0.709. The Labute approximate surface area is 69.3 Å². The van der Waals surface area contributed by atoms with E-state index in [-0.39, 0.29) is 0 Å². The van der Waals surface area contributed by atoms with Crippen LogP contribution in [0, 0.1) is 0 Å². The number of allylic oxidation sites excluding steroid dienone is 1. The zero-order valence-corrected chi connectivity index (χ0v) is 6.33. The molecule has 0 aromatic rings. The lowest BCUT2D eigenvalue weighted by Gasteiger charge is -2.08. The number of nitrogens with one attached hydrogen (secondary N) is 2. The van der Waals surface area contributed by atoms with Crippen molar-refractivity contribution in [3.05, 3.63) is 23.7 Å². The first-order chi connectivity index (χ1) is 5.77. The smallest absolute Gasteiger partial charge is 0.279 e. The maximum absolute atomic E-state index is 10.7. The van der Waals surface area contributed by atoms with Gasteiger partial charge in [-0.15, -0.1) is 0 Å². The number of carbonyl (C=O) groups is 1. The van der Waals surface area contributed by atoms with Gasteiger partial charge >= 0.3 is 0 Å². The van der Waals surface area contributed by atoms with Gasteiger partial charge in [0.15, 0.2) is 0 Å². The quantitative estimate of drug-likeness (QED) is 0.456. The molecule has 2 aliphatic heterocycles. The van der Waals surface area contributed by atoms with Crippen LogP contribution in [0.4, 0.5) is 0 Å². The van der Waals surface area contributed by atoms with E-state index in [1.54, 1.807) is 6.20 Å². The molecule has 0 saturated carbocycles. The summed E-state index contributed by atoms with van der Waals surface area (Å²) < 4.78 is 5.21. The van der Waals surface area contributed by atoms with Crippen LogP contribution in [0.2, 0.25) is 0 Å². The minimum Gasteiger partial charge on any atom is -0.462 e. The fourth-order valence-electron chi connectivity index (χ4n) is 1.16. The first kappa shape index (κ1) is 7.02. The molecule has 5 nitrogen and oxygen atoms in total. The number of amides is 1. The van der Waals surface area contributed by atoms with Crippen molar-refractivity contribution in [2.24, 2.45) is 5.73 Å². The van der Waals surface area contributed by atoms with Crippen molar-refractivity contribution < 1.29 is 9.53 Å². The van der Waals surface area contributed by atoms with E-state index in [9.17, 15) is 4.79 Å². The van der Waals surface area contributed by atoms with E-state index in [0.717, 1.165) is 11.5 Å². The van der Waals surface area contributed by atoms with Gasteiger partial charge < -0.3 is 21.1 Å². The molecule has 1 atom stereocenters. The number of hydrogen-bond acceptors (Lipinski definition) is 4. The first-order valence-electron chi connectivity index (χ1n) is 3.63. The van der Waals surface area contributed by atoms with Gasteiger partial charge in [0, 0.05) is 0 Å². The summed E-state index contributed by atoms with van der Waals surface area (Å²) in [5.41, 5.74) is 5.89. The van der Waals surface area contributed by atoms with Crippen LogP contribution in [0.25, 0.3) is 0 Å². The maximum atomic E-state index is 10.7. The average molecular weight is 167 g/mol. The molecule has 0 spiro atoms. The normalized spacial score (nSPS) is 25.5. The number of nitrogens with two attached hydrogens (primary N) is 1. The monoisotopic (exact) mass is 167 g/mol. The summed E-state index contributed by atoms with van der Waals surface area (Å²) in [7, 11) is 0. The van der Waals surface area contributed by atoms with Crippen molar-refractivity contribution in [3.63, 3.8) is 0 Å². The Morgan fingerprint density at radius 3 is 3.25 bits per heavy atom. The van der Waals surface area contributed by atoms with Crippen LogP contribution in [0.1, 0.15) is 0 Å². The summed E-state index contributed by atoms with van der Waals surface area (Å²) in [6, 6.07) is 0. The number of hydrogen-bond donors (Lipinski definition) is 3. The molecule has 0 radical (unpaired) electrons. The molecule has 0 aromatic carbocycles. The summed E-state index contributed by atoms with van der Waals surface area (Å²) >= 11 is 0. The third-order valence-electron chi connectivity index (χ3n) is 1.74. The van der Waals surface area contributed by atoms with Crippen LogP contribution in [0.3, 0.4) is 0 Å². The molecule has 2 aliphatic rings. The highest BCUT2D eigenvalue weighted by molar-refractivity contribution is 5.79. The topological polar surface area (TPSA) is 76.4 Å². The molecular weight excluding hydrogens is 158 g/mol. The third kappa shape index (κ3) is 0.990. The fraction of sp³-hybridized carbons (Fsp3) is 0.286. The van der Waals surface area contributed by atoms with Crippen LogP contribution >= 0.6 is 0 Å². The zero-order valence-electron chi connectivity index (χ0n) is 6.33. The summed E-state index contributed by atoms with van der Waals surface area (Å²) in [5, 5.41) is 5.81. The second kappa shape index (κ2) is 2.44. The van der Waals surface area contributed by atoms with Gasteiger partial charge in [0.1, 0.15) is 5.76 Å². The Balaban J connectivity index is 2.12. The van der Waals surface area contributed by atoms with Crippen molar-refractivity contribution in [3.8, 4) is 0 Å². The van der Waals surface area contributed by atoms with Gasteiger partial charge in [-0.1, -0.05) is 0 Å². The van der Waals surface area contributed by atoms with E-state index in [1.165, 1.54) is 0 Å². The molecule has 2 rings (SSSR count). The minimum absolute atomic E-state index is 0.502. The van der Waals surface area contributed by atoms with E-state index >= 15 is 0 Å². The van der Waals surface area contributed by atoms with E-state index in [2.05, 4.69) is 10.6 Å². The van der Waals surface area contributed by atoms with Gasteiger partial charge in [-0.3, -0.25) is 4.79 Å². The standard InChI is InChI=1S/C7H9N3O2/c8-6(11)7-10-4-1-2-9-3-5(4)12-7/h1-2,7,9-10H,3H2,(H2,8,11). The molecule has 1 amide bonds. The van der Waals surface area contributed by atoms with E-state index in [4.69, 9.17) is 10.5 Å². The number of ether oxygens (including phenoxy) is 1. The molecule has 0 bridgehead atoms. The Kier molecular flexibility index (Phi) is 1.43. The third-order valence-corrected chi connectivity index (χ3v) is 1.74. The van der Waals surface area contributed by atoms with Gasteiger partial charge in [-0.2, -0.15) is 0 Å². The van der Waals surface area contributed by atoms with E-state index < -0.39 is 12.1 Å². The molecule has 0 fully saturated rings. The molecule has 12 heavy (non-hydrogen) atoms. The zero-order chi connectivity index (χ0) is 8.55. The van der Waals surface area contributed by atoms with Gasteiger partial charge in [0.25, 0.3) is 5.91 Å². The van der Waals surface area contributed by atoms with Gasteiger partial charge in [-0.25, -0.2) is 0 Å². The molecule has 4 N–H and O–H groups in total. The average Bonchev–Trinajstić information content (AvgIpc) is 2.46. The summed E-state index contributed by atoms with van der Waals surface area (Å²) in [6.07, 6.45) is 2.89. The molecule has 64 valence electrons. The fourth-order valence-corrected chi connectivity index (χ4v) is 1.16. The van der Waals surface area contributed by atoms with Crippen molar-refractivity contribution in [2.45, 2.75) is 6.23 Å². The summed E-state index contributed by atoms with van der Waals surface area (Å²) in [5.74, 6) is 0.235. The largest absolute Gasteiger partial charge is 0.462 e. The Morgan fingerprint density at radius 2 is 2.58 bits per heavy atom. The molecular formula is C7H9N3O2. The Morgan fingerprint density at radius 1 is 1.75 bits per heavy atom. The summed E-state index contributed by atoms with van der Waals surface area (Å²) in [4.78, 5) is 10.7. The van der Waals surface area contributed by atoms with Crippen molar-refractivity contribution in [1.29, 1.82) is 0 Å². The number of dihydropyridines is 1. The summed E-state index contributed by atoms with van der Waals surface area (Å²) in [6.45, 7) is 0.600. The highest BCUT2D eigenvalue weighted by Gasteiger charge is 2.28. The van der Waals surface area contributed by atoms with E-state index in [0.29, 0.717) is 6.54 Å². The molecule has 0 aromatic heterocycles. The van der Waals surface area contributed by atoms with Crippen LogP contribution < -0.4 is 16.4 Å². The lowest BCUT2D eigenvalue weighted by molar-refractivity contribution is -0.127. The molecule has 0 saturated heterocycles. The molecule has 1 unspecified atom stereocenters. The van der Waals surface area contributed by atoms with Gasteiger partial charge in [-0.05, 0) is 12.3 Å². The predicted octanol–water partition coefficient (Wildman–Crippen LogP) is -1.25. The van der Waals surface area contributed by atoms with Crippen LogP contribution in [-0.2, 0) is 9.53 Å². The van der Waals surface area contributed by atoms with Gasteiger partial charge in [0.05, 0.1) is 12.2 Å². The van der Waals surface area contributed by atoms with Crippen LogP contribution in [-0.4, -0.2) is 18.7 Å². The highest BCUT2D eigenvalue weighted by Crippen LogP contribution is 2.17. The Bertz CT molecular complexity index is 282. The van der Waals surface area contributed by atoms with Crippen LogP contribution in [0.5, 0.6) is 0 Å². The highest BCUT2D eigenvalue weighted by atomic mass is 16.5. The van der Waals surface area contributed by atoms with Gasteiger partial charge in [0.2, 0.25) is 6.23 Å². The molecule has 0 aliphatic carbocycles. The molecule has 2 heterocycles. The van der Waals surface area contributed by atoms with Crippen molar-refractivity contribution in [1.82, 2.24) is 10.6 Å². The van der Waals surface area contributed by atoms with Crippen LogP contribution in [0.15, 0.2) is 23.7 Å². The number of rotatable bonds is 1. The number of carbonyl (C=O) groups excluding carboxylic acids is 1. The second-order valence-corrected chi connectivity index (χ2v) is 2.60. The predicted molar refractivity (Wildman–Crippen MR) is 41.4 cm³/mol. The van der Waals surface area contributed by atoms with Crippen molar-refractivity contribution >= 4 is 5.91 Å². The van der Waals surface area contributed by atoms with E-state index in [1.807, 2.05) is 6.08 Å². The first-order valence-corrected chi connectivity index (χ1v) is 3.63. The lowest BCUT2D eigenvalue weighted by Crippen LogP contribution is -2.38.